The second-order valence-electron chi connectivity index (χ2n) is 4.32. The molecule has 1 aliphatic rings. The Labute approximate surface area is 140 Å². The van der Waals surface area contributed by atoms with E-state index in [0.29, 0.717) is 23.0 Å². The SMILES string of the molecule is Clc1cccc(Cl)c1[NH2+]C1=NCCN1.[CH3-].[NH3+]CCCC(=O)O. The lowest BCUT2D eigenvalue weighted by atomic mass is 10.3. The molecule has 0 radical (unpaired) electrons. The van der Waals surface area contributed by atoms with Crippen LogP contribution in [-0.4, -0.2) is 36.7 Å². The maximum Gasteiger partial charge on any atom is 0.303 e. The lowest BCUT2D eigenvalue weighted by Gasteiger charge is -2.03. The third kappa shape index (κ3) is 7.61. The van der Waals surface area contributed by atoms with Crippen LogP contribution in [0, 0.1) is 7.43 Å². The third-order valence-electron chi connectivity index (χ3n) is 2.62. The van der Waals surface area contributed by atoms with E-state index in [9.17, 15) is 4.79 Å². The molecule has 1 heterocycles. The van der Waals surface area contributed by atoms with Gasteiger partial charge in [0.15, 0.2) is 5.69 Å². The number of hydrogen-bond donors (Lipinski definition) is 4. The molecule has 8 heteroatoms. The van der Waals surface area contributed by atoms with E-state index in [1.165, 1.54) is 0 Å². The molecule has 0 saturated carbocycles. The molecule has 1 aliphatic heterocycles. The summed E-state index contributed by atoms with van der Waals surface area (Å²) in [4.78, 5) is 14.0. The normalized spacial score (nSPS) is 12.4. The van der Waals surface area contributed by atoms with Crippen molar-refractivity contribution in [1.82, 2.24) is 5.32 Å². The molecule has 0 aromatic heterocycles. The molecule has 0 aliphatic carbocycles. The summed E-state index contributed by atoms with van der Waals surface area (Å²) in [7, 11) is 0. The topological polar surface area (TPSA) is 106 Å². The summed E-state index contributed by atoms with van der Waals surface area (Å²) >= 11 is 12.0. The molecule has 0 unspecified atom stereocenters. The second kappa shape index (κ2) is 11.3. The van der Waals surface area contributed by atoms with Gasteiger partial charge < -0.3 is 23.6 Å². The Morgan fingerprint density at radius 2 is 2.05 bits per heavy atom. The zero-order valence-electron chi connectivity index (χ0n) is 12.6. The van der Waals surface area contributed by atoms with Gasteiger partial charge in [-0.05, 0) is 12.1 Å². The van der Waals surface area contributed by atoms with Gasteiger partial charge in [-0.1, -0.05) is 29.3 Å². The number of halogens is 2. The van der Waals surface area contributed by atoms with Crippen molar-refractivity contribution in [2.45, 2.75) is 12.8 Å². The van der Waals surface area contributed by atoms with Crippen molar-refractivity contribution in [3.05, 3.63) is 35.7 Å². The number of quaternary nitrogens is 2. The van der Waals surface area contributed by atoms with Crippen LogP contribution < -0.4 is 16.4 Å². The number of nitrogens with two attached hydrogens (primary N) is 1. The minimum absolute atomic E-state index is 0. The van der Waals surface area contributed by atoms with Gasteiger partial charge in [0.05, 0.1) is 19.5 Å². The number of carbonyl (C=O) groups is 1. The summed E-state index contributed by atoms with van der Waals surface area (Å²) in [5.41, 5.74) is 4.32. The number of aliphatic imine (C=N–C) groups is 1. The molecular formula is C14H23Cl2N4O2+. The van der Waals surface area contributed by atoms with Gasteiger partial charge in [0, 0.05) is 13.0 Å². The Hall–Kier alpha value is -1.34. The van der Waals surface area contributed by atoms with E-state index < -0.39 is 5.97 Å². The smallest absolute Gasteiger partial charge is 0.303 e. The van der Waals surface area contributed by atoms with Crippen molar-refractivity contribution in [3.63, 3.8) is 0 Å². The van der Waals surface area contributed by atoms with Crippen molar-refractivity contribution >= 4 is 40.8 Å². The van der Waals surface area contributed by atoms with E-state index in [2.05, 4.69) is 16.0 Å². The number of benzene rings is 1. The van der Waals surface area contributed by atoms with E-state index in [-0.39, 0.29) is 13.8 Å². The summed E-state index contributed by atoms with van der Waals surface area (Å²) in [6.07, 6.45) is 0.943. The number of guanidine groups is 1. The maximum absolute atomic E-state index is 9.73. The van der Waals surface area contributed by atoms with Gasteiger partial charge in [0.2, 0.25) is 0 Å². The summed E-state index contributed by atoms with van der Waals surface area (Å²) < 4.78 is 0. The minimum atomic E-state index is -0.733. The summed E-state index contributed by atoms with van der Waals surface area (Å²) in [6, 6.07) is 5.45. The second-order valence-corrected chi connectivity index (χ2v) is 5.14. The first-order chi connectivity index (χ1) is 10.0. The van der Waals surface area contributed by atoms with E-state index in [1.54, 1.807) is 0 Å². The van der Waals surface area contributed by atoms with E-state index in [0.717, 1.165) is 24.7 Å². The predicted molar refractivity (Wildman–Crippen MR) is 89.4 cm³/mol. The van der Waals surface area contributed by atoms with Crippen LogP contribution in [0.5, 0.6) is 0 Å². The Kier molecular flexibility index (Phi) is 10.6. The number of nitrogens with zero attached hydrogens (tertiary/aromatic N) is 1. The molecule has 2 rings (SSSR count). The largest absolute Gasteiger partial charge is 0.481 e. The van der Waals surface area contributed by atoms with Crippen LogP contribution in [0.3, 0.4) is 0 Å². The van der Waals surface area contributed by atoms with E-state index in [4.69, 9.17) is 28.3 Å². The van der Waals surface area contributed by atoms with E-state index in [1.807, 2.05) is 23.5 Å². The van der Waals surface area contributed by atoms with Gasteiger partial charge in [-0.15, -0.1) is 0 Å². The van der Waals surface area contributed by atoms with Gasteiger partial charge in [-0.3, -0.25) is 4.79 Å². The fraction of sp³-hybridized carbons (Fsp3) is 0.357. The highest BCUT2D eigenvalue weighted by Crippen LogP contribution is 2.25. The van der Waals surface area contributed by atoms with Crippen molar-refractivity contribution in [3.8, 4) is 0 Å². The summed E-state index contributed by atoms with van der Waals surface area (Å²) in [6.45, 7) is 2.41. The van der Waals surface area contributed by atoms with Crippen LogP contribution in [0.25, 0.3) is 0 Å². The Morgan fingerprint density at radius 3 is 2.45 bits per heavy atom. The minimum Gasteiger partial charge on any atom is -0.481 e. The first-order valence-corrected chi connectivity index (χ1v) is 7.38. The van der Waals surface area contributed by atoms with Crippen LogP contribution in [-0.2, 0) is 4.79 Å². The molecule has 7 N–H and O–H groups in total. The average molecular weight is 350 g/mol. The third-order valence-corrected chi connectivity index (χ3v) is 3.28. The number of para-hydroxylation sites is 1. The number of nitrogens with one attached hydrogen (secondary N) is 1. The Balaban J connectivity index is 0.000000478. The lowest BCUT2D eigenvalue weighted by molar-refractivity contribution is -0.447. The molecule has 6 nitrogen and oxygen atoms in total. The molecule has 124 valence electrons. The maximum atomic E-state index is 9.73. The highest BCUT2D eigenvalue weighted by Gasteiger charge is 2.15. The Bertz CT molecular complexity index is 489. The molecule has 1 aromatic carbocycles. The first kappa shape index (κ1) is 20.7. The zero-order chi connectivity index (χ0) is 15.7. The van der Waals surface area contributed by atoms with Gasteiger partial charge in [0.25, 0.3) is 5.96 Å². The van der Waals surface area contributed by atoms with Gasteiger partial charge in [0.1, 0.15) is 10.0 Å². The highest BCUT2D eigenvalue weighted by atomic mass is 35.5. The van der Waals surface area contributed by atoms with Crippen LogP contribution in [0.15, 0.2) is 23.2 Å². The molecule has 22 heavy (non-hydrogen) atoms. The van der Waals surface area contributed by atoms with Crippen LogP contribution in [0.4, 0.5) is 5.69 Å². The predicted octanol–water partition coefficient (Wildman–Crippen LogP) is 0.691. The molecule has 0 bridgehead atoms. The molecule has 0 saturated heterocycles. The van der Waals surface area contributed by atoms with E-state index >= 15 is 0 Å². The fourth-order valence-electron chi connectivity index (χ4n) is 1.57. The summed E-state index contributed by atoms with van der Waals surface area (Å²) in [5.74, 6) is 0.114. The number of aliphatic carboxylic acids is 1. The molecule has 0 spiro atoms. The van der Waals surface area contributed by atoms with Crippen LogP contribution in [0.2, 0.25) is 10.0 Å². The van der Waals surface area contributed by atoms with Crippen molar-refractivity contribution in [2.75, 3.05) is 19.6 Å². The number of hydrogen-bond acceptors (Lipinski definition) is 3. The lowest BCUT2D eigenvalue weighted by Crippen LogP contribution is -2.85. The summed E-state index contributed by atoms with van der Waals surface area (Å²) in [5, 5.41) is 14.3. The molecule has 0 amide bonds. The zero-order valence-corrected chi connectivity index (χ0v) is 14.1. The van der Waals surface area contributed by atoms with Gasteiger partial charge in [-0.25, -0.2) is 10.3 Å². The van der Waals surface area contributed by atoms with Gasteiger partial charge in [-0.2, -0.15) is 0 Å². The van der Waals surface area contributed by atoms with Crippen molar-refractivity contribution in [2.24, 2.45) is 4.99 Å². The number of carboxylic acid groups (broad SMARTS) is 1. The number of carboxylic acids is 1. The number of rotatable bonds is 4. The molecule has 0 fully saturated rings. The quantitative estimate of drug-likeness (QED) is 0.474. The standard InChI is InChI=1S/C9H9Cl2N3.C4H9NO2.CH3/c10-6-2-1-3-7(11)8(6)14-9-12-4-5-13-9;5-3-1-2-4(6)7;/h1-3H,4-5H2,(H2,12,13,14);1-3,5H2,(H,6,7);1H3/q;;-1/p+2. The Morgan fingerprint density at radius 1 is 1.41 bits per heavy atom. The average Bonchev–Trinajstić information content (AvgIpc) is 2.94. The van der Waals surface area contributed by atoms with Crippen LogP contribution in [0.1, 0.15) is 12.8 Å². The van der Waals surface area contributed by atoms with Gasteiger partial charge >= 0.3 is 5.97 Å². The van der Waals surface area contributed by atoms with Crippen molar-refractivity contribution < 1.29 is 21.0 Å². The van der Waals surface area contributed by atoms with Crippen molar-refractivity contribution in [1.29, 1.82) is 0 Å². The monoisotopic (exact) mass is 349 g/mol. The molecule has 0 atom stereocenters. The molecule has 1 aromatic rings. The van der Waals surface area contributed by atoms with Crippen LogP contribution >= 0.6 is 23.2 Å². The fourth-order valence-corrected chi connectivity index (χ4v) is 2.08. The highest BCUT2D eigenvalue weighted by molar-refractivity contribution is 6.38. The first-order valence-electron chi connectivity index (χ1n) is 6.62. The molecular weight excluding hydrogens is 327 g/mol.